The third-order valence-electron chi connectivity index (χ3n) is 22.0. The van der Waals surface area contributed by atoms with Gasteiger partial charge in [-0.15, -0.1) is 0 Å². The van der Waals surface area contributed by atoms with Crippen LogP contribution in [0.5, 0.6) is 0 Å². The van der Waals surface area contributed by atoms with Crippen molar-refractivity contribution in [1.82, 2.24) is 0 Å². The van der Waals surface area contributed by atoms with Crippen LogP contribution >= 0.6 is 22.8 Å². The van der Waals surface area contributed by atoms with Crippen LogP contribution in [0.2, 0.25) is 0 Å². The Morgan fingerprint density at radius 3 is 0.262 bits per heavy atom. The largest absolute Gasteiger partial charge is 2.00 e. The monoisotopic (exact) mass is 2330 g/mol. The summed E-state index contributed by atoms with van der Waals surface area (Å²) >= 11 is 45.0. The molecular weight excluding hydrogens is 2130 g/mol. The molecule has 0 aliphatic rings. The first-order valence-electron chi connectivity index (χ1n) is 51.4. The zero-order valence-corrected chi connectivity index (χ0v) is 102. The van der Waals surface area contributed by atoms with Gasteiger partial charge in [0.25, 0.3) is 0 Å². The van der Waals surface area contributed by atoms with E-state index >= 15 is 0 Å². The fourth-order valence-electron chi connectivity index (χ4n) is 14.3. The van der Waals surface area contributed by atoms with Crippen molar-refractivity contribution in [2.24, 2.45) is 0 Å². The van der Waals surface area contributed by atoms with Gasteiger partial charge in [0.2, 0.25) is 0 Å². The van der Waals surface area contributed by atoms with Crippen LogP contribution in [-0.2, 0) is 256 Å². The molecule has 0 aromatic carbocycles. The molecule has 0 saturated carbocycles. The minimum atomic E-state index is -2.43. The Bertz CT molecular complexity index is 1710. The Labute approximate surface area is 890 Å². The maximum absolute atomic E-state index is 8.26. The third kappa shape index (κ3) is 156. The Morgan fingerprint density at radius 1 is 0.143 bits per heavy atom. The van der Waals surface area contributed by atoms with Gasteiger partial charge in [-0.1, -0.05) is 565 Å². The van der Waals surface area contributed by atoms with Crippen molar-refractivity contribution in [3.63, 3.8) is 0 Å². The van der Waals surface area contributed by atoms with E-state index < -0.39 is 22.8 Å². The number of hydrogen-bond acceptors (Lipinski definition) is 19. The van der Waals surface area contributed by atoms with Crippen LogP contribution in [0, 0.1) is 0 Å². The molecule has 0 radical (unpaired) electrons. The van der Waals surface area contributed by atoms with Gasteiger partial charge < -0.3 is 139 Å². The van der Waals surface area contributed by atoms with Crippen LogP contribution in [0.15, 0.2) is 0 Å². The van der Waals surface area contributed by atoms with Gasteiger partial charge in [-0.05, 0) is 51.4 Å². The van der Waals surface area contributed by atoms with E-state index in [9.17, 15) is 0 Å². The van der Waals surface area contributed by atoms with Crippen molar-refractivity contribution >= 4 is 173 Å². The second-order valence-electron chi connectivity index (χ2n) is 33.9. The van der Waals surface area contributed by atoms with Gasteiger partial charge >= 0.3 is 69.5 Å². The van der Waals surface area contributed by atoms with Gasteiger partial charge in [0.1, 0.15) is 0 Å². The van der Waals surface area contributed by atoms with E-state index in [1.54, 1.807) is 0 Å². The standard InChI is InChI=1S/4C24H51O2PS2.3Mo.3O.4S/c4*1-3-5-7-9-11-13-15-17-19-21-23-25-27(28,29)26-24-22-20-18-16-14-12-10-8-6-4-2;;;;;;;;;;/h4*3-24H2,1-2H3,(H,28,29);;;;;;;;;;/q;;;;3*+4;;;;4*-2/p-4. The van der Waals surface area contributed by atoms with Crippen LogP contribution in [-0.4, -0.2) is 52.9 Å². The Kier molecular flexibility index (Phi) is 172. The molecule has 0 fully saturated rings. The van der Waals surface area contributed by atoms with E-state index in [-0.39, 0.29) is 54.0 Å². The van der Waals surface area contributed by atoms with Gasteiger partial charge in [-0.2, -0.15) is 0 Å². The van der Waals surface area contributed by atoms with Crippen LogP contribution in [0.25, 0.3) is 0 Å². The smallest absolute Gasteiger partial charge is 2.00 e. The van der Waals surface area contributed by atoms with Crippen LogP contribution in [0.1, 0.15) is 569 Å². The quantitative estimate of drug-likeness (QED) is 0.0248. The van der Waals surface area contributed by atoms with Gasteiger partial charge in [-0.3, -0.25) is 0 Å². The van der Waals surface area contributed by atoms with Crippen LogP contribution in [0.3, 0.4) is 0 Å². The molecule has 30 heteroatoms. The summed E-state index contributed by atoms with van der Waals surface area (Å²) < 4.78 is 70.5. The second kappa shape index (κ2) is 140. The average Bonchev–Trinajstić information content (AvgIpc) is 0.958. The molecule has 0 rings (SSSR count). The molecule has 0 spiro atoms. The Morgan fingerprint density at radius 2 is 0.198 bits per heavy atom. The topological polar surface area (TPSA) is 125 Å². The molecule has 0 saturated heterocycles. The summed E-state index contributed by atoms with van der Waals surface area (Å²) in [4.78, 5) is 0. The molecule has 0 amide bonds. The Balaban J connectivity index is -0.000000151. The molecule has 0 unspecified atom stereocenters. The van der Waals surface area contributed by atoms with Gasteiger partial charge in [0.05, 0.1) is 75.6 Å². The van der Waals surface area contributed by atoms with Gasteiger partial charge in [0, 0.05) is 0 Å². The van der Waals surface area contributed by atoms with Crippen molar-refractivity contribution in [2.75, 3.05) is 52.9 Å². The van der Waals surface area contributed by atoms with Crippen molar-refractivity contribution in [1.29, 1.82) is 0 Å². The summed E-state index contributed by atoms with van der Waals surface area (Å²) in [5, 5.41) is 0. The molecule has 760 valence electrons. The summed E-state index contributed by atoms with van der Waals surface area (Å²) in [6.45, 7) is 23.6. The van der Waals surface area contributed by atoms with E-state index in [2.05, 4.69) is 55.4 Å². The molecule has 0 aliphatic heterocycles. The normalized spacial score (nSPS) is 11.2. The molecule has 0 aromatic heterocycles. The predicted octanol–water partition coefficient (Wildman–Crippen LogP) is 38.2. The number of hydrogen-bond donors (Lipinski definition) is 0. The third-order valence-corrected chi connectivity index (χ3v) is 31.0. The van der Waals surface area contributed by atoms with Gasteiger partial charge in [-0.25, -0.2) is 0 Å². The summed E-state index contributed by atoms with van der Waals surface area (Å²) in [5.41, 5.74) is -9.72. The molecule has 0 heterocycles. The molecule has 126 heavy (non-hydrogen) atoms. The number of rotatable bonds is 96. The fourth-order valence-corrected chi connectivity index (χ4v) is 21.0. The summed E-state index contributed by atoms with van der Waals surface area (Å²) in [6, 6.07) is 0. The molecule has 11 nitrogen and oxygen atoms in total. The van der Waals surface area contributed by atoms with E-state index in [4.69, 9.17) is 143 Å². The van der Waals surface area contributed by atoms with Crippen molar-refractivity contribution in [3.05, 3.63) is 0 Å². The van der Waals surface area contributed by atoms with E-state index in [0.29, 0.717) is 112 Å². The minimum Gasteiger partial charge on any atom is -2.00 e. The fraction of sp³-hybridized carbons (Fsp3) is 1.00. The second-order valence-corrected chi connectivity index (χ2v) is 53.9. The van der Waals surface area contributed by atoms with Crippen molar-refractivity contribution in [2.45, 2.75) is 569 Å². The number of unbranched alkanes of at least 4 members (excludes halogenated alkanes) is 72. The minimum absolute atomic E-state index is 0. The molecular formula is C96H200Mo3O11P4S12. The zero-order valence-electron chi connectivity index (χ0n) is 82.6. The predicted molar refractivity (Wildman–Crippen MR) is 580 cm³/mol. The average molecular weight is 2330 g/mol. The maximum atomic E-state index is 8.26. The van der Waals surface area contributed by atoms with Gasteiger partial charge in [0.15, 0.2) is 0 Å². The molecule has 0 aromatic rings. The molecule has 0 N–H and O–H groups in total. The van der Waals surface area contributed by atoms with Crippen LogP contribution in [0.4, 0.5) is 0 Å². The van der Waals surface area contributed by atoms with Crippen molar-refractivity contribution in [3.8, 4) is 0 Å². The summed E-state index contributed by atoms with van der Waals surface area (Å²) in [5.74, 6) is 0. The molecule has 0 atom stereocenters. The first-order valence-corrected chi connectivity index (χ1v) is 68.5. The van der Waals surface area contributed by atoms with E-state index in [0.717, 1.165) is 51.4 Å². The maximum Gasteiger partial charge on any atom is -2.00 e. The molecule has 0 aliphatic carbocycles. The summed E-state index contributed by atoms with van der Waals surface area (Å²) in [6.07, 6.45) is 106. The first kappa shape index (κ1) is 155. The van der Waals surface area contributed by atoms with E-state index in [1.807, 2.05) is 0 Å². The van der Waals surface area contributed by atoms with Crippen LogP contribution < -0.4 is 0 Å². The SMILES string of the molecule is CCCCCCCCCCCCOP(=S)([S-])OCCCCCCCCCCCC.CCCCCCCCCCCCOP(=S)([S-])OCCCCCCCCCCCC.CCCCCCCCCCCCOP(=S)([S-])OCCCCCCCCCCCC.CCCCCCCCCCCCOP(=S)([S-])OCCCCCCCCCCCC.[O]=[Mo+4].[O]=[Mo+4].[O]=[Mo+4].[S-2].[S-2].[S-2].[S-2]. The van der Waals surface area contributed by atoms with E-state index in [1.165, 1.54) is 462 Å². The molecule has 0 bridgehead atoms. The first-order chi connectivity index (χ1) is 59.5. The van der Waals surface area contributed by atoms with Crippen molar-refractivity contribution < 1.29 is 106 Å². The zero-order chi connectivity index (χ0) is 91.9. The summed E-state index contributed by atoms with van der Waals surface area (Å²) in [7, 11) is 0. The Hall–Kier alpha value is 6.54.